The molecule has 8 heteroatoms. The van der Waals surface area contributed by atoms with Crippen LogP contribution in [-0.4, -0.2) is 38.4 Å². The van der Waals surface area contributed by atoms with Gasteiger partial charge in [-0.3, -0.25) is 4.79 Å². The fraction of sp³-hybridized carbons (Fsp3) is 0.444. The predicted molar refractivity (Wildman–Crippen MR) is 58.6 cm³/mol. The first-order valence-electron chi connectivity index (χ1n) is 5.05. The first kappa shape index (κ1) is 12.1. The monoisotopic (exact) mass is 259 g/mol. The maximum absolute atomic E-state index is 11.9. The molecule has 1 aromatic heterocycles. The van der Waals surface area contributed by atoms with E-state index < -0.39 is 15.1 Å². The number of carbonyl (C=O) groups excluding carboxylic acids is 1. The third kappa shape index (κ3) is 2.48. The summed E-state index contributed by atoms with van der Waals surface area (Å²) in [7, 11) is -3.91. The molecule has 0 aliphatic carbocycles. The van der Waals surface area contributed by atoms with Crippen molar-refractivity contribution >= 4 is 15.9 Å². The van der Waals surface area contributed by atoms with Crippen LogP contribution in [0.15, 0.2) is 21.6 Å². The van der Waals surface area contributed by atoms with Gasteiger partial charge in [0.15, 0.2) is 5.76 Å². The molecule has 1 saturated heterocycles. The molecule has 1 aliphatic heterocycles. The number of hydrogen-bond donors (Lipinski definition) is 2. The minimum absolute atomic E-state index is 0.0355. The molecule has 1 amide bonds. The molecule has 7 nitrogen and oxygen atoms in total. The van der Waals surface area contributed by atoms with Crippen LogP contribution < -0.4 is 10.9 Å². The Balaban J connectivity index is 2.18. The third-order valence-corrected chi connectivity index (χ3v) is 3.36. The molecule has 1 unspecified atom stereocenters. The highest BCUT2D eigenvalue weighted by molar-refractivity contribution is 7.89. The van der Waals surface area contributed by atoms with E-state index in [4.69, 9.17) is 15.3 Å². The highest BCUT2D eigenvalue weighted by atomic mass is 32.2. The lowest BCUT2D eigenvalue weighted by Crippen LogP contribution is -2.31. The number of primary sulfonamides is 1. The molecule has 4 N–H and O–H groups in total. The maximum atomic E-state index is 11.9. The molecule has 0 radical (unpaired) electrons. The summed E-state index contributed by atoms with van der Waals surface area (Å²) in [6.45, 7) is 0.996. The van der Waals surface area contributed by atoms with Crippen LogP contribution in [-0.2, 0) is 10.0 Å². The molecular formula is C9H13N3O4S. The molecule has 0 aromatic carbocycles. The van der Waals surface area contributed by atoms with E-state index in [0.717, 1.165) is 6.42 Å². The third-order valence-electron chi connectivity index (χ3n) is 2.58. The van der Waals surface area contributed by atoms with Crippen molar-refractivity contribution in [3.8, 4) is 0 Å². The van der Waals surface area contributed by atoms with Crippen LogP contribution in [0, 0.1) is 0 Å². The van der Waals surface area contributed by atoms with Crippen molar-refractivity contribution in [1.29, 1.82) is 0 Å². The van der Waals surface area contributed by atoms with E-state index in [1.165, 1.54) is 17.0 Å². The van der Waals surface area contributed by atoms with E-state index >= 15 is 0 Å². The second kappa shape index (κ2) is 4.13. The SMILES string of the molecule is NC1CCN(C(=O)c2ccc(S(N)(=O)=O)o2)C1. The smallest absolute Gasteiger partial charge is 0.289 e. The van der Waals surface area contributed by atoms with Crippen LogP contribution in [0.3, 0.4) is 0 Å². The van der Waals surface area contributed by atoms with Gasteiger partial charge in [-0.25, -0.2) is 13.6 Å². The normalized spacial score (nSPS) is 20.8. The van der Waals surface area contributed by atoms with E-state index in [-0.39, 0.29) is 17.7 Å². The van der Waals surface area contributed by atoms with Crippen LogP contribution >= 0.6 is 0 Å². The minimum Gasteiger partial charge on any atom is -0.438 e. The summed E-state index contributed by atoms with van der Waals surface area (Å²) in [5, 5.41) is 4.47. The van der Waals surface area contributed by atoms with Gasteiger partial charge in [0, 0.05) is 19.1 Å². The average molecular weight is 259 g/mol. The number of carbonyl (C=O) groups is 1. The standard InChI is InChI=1S/C9H13N3O4S/c10-6-3-4-12(5-6)9(13)7-1-2-8(16-7)17(11,14)15/h1-2,6H,3-5,10H2,(H2,11,14,15). The lowest BCUT2D eigenvalue weighted by Gasteiger charge is -2.13. The van der Waals surface area contributed by atoms with Crippen molar-refractivity contribution < 1.29 is 17.6 Å². The van der Waals surface area contributed by atoms with Gasteiger partial charge in [-0.05, 0) is 18.6 Å². The number of rotatable bonds is 2. The summed E-state index contributed by atoms with van der Waals surface area (Å²) in [5.41, 5.74) is 5.68. The quantitative estimate of drug-likeness (QED) is 0.713. The lowest BCUT2D eigenvalue weighted by molar-refractivity contribution is 0.0753. The predicted octanol–water partition coefficient (Wildman–Crippen LogP) is -0.900. The van der Waals surface area contributed by atoms with Crippen LogP contribution in [0.25, 0.3) is 0 Å². The summed E-state index contributed by atoms with van der Waals surface area (Å²) >= 11 is 0. The van der Waals surface area contributed by atoms with Gasteiger partial charge in [-0.1, -0.05) is 0 Å². The van der Waals surface area contributed by atoms with E-state index in [0.29, 0.717) is 13.1 Å². The Hall–Kier alpha value is -1.38. The first-order chi connectivity index (χ1) is 7.88. The van der Waals surface area contributed by atoms with Crippen molar-refractivity contribution in [3.05, 3.63) is 17.9 Å². The Kier molecular flexibility index (Phi) is 2.94. The zero-order valence-corrected chi connectivity index (χ0v) is 9.81. The number of likely N-dealkylation sites (tertiary alicyclic amines) is 1. The zero-order valence-electron chi connectivity index (χ0n) is 9.00. The Morgan fingerprint density at radius 1 is 1.47 bits per heavy atom. The second-order valence-corrected chi connectivity index (χ2v) is 5.46. The number of nitrogens with two attached hydrogens (primary N) is 2. The van der Waals surface area contributed by atoms with Crippen LogP contribution in [0.1, 0.15) is 17.0 Å². The van der Waals surface area contributed by atoms with E-state index in [1.54, 1.807) is 0 Å². The molecule has 1 fully saturated rings. The molecular weight excluding hydrogens is 246 g/mol. The van der Waals surface area contributed by atoms with E-state index in [2.05, 4.69) is 0 Å². The van der Waals surface area contributed by atoms with Crippen LogP contribution in [0.5, 0.6) is 0 Å². The largest absolute Gasteiger partial charge is 0.438 e. The lowest BCUT2D eigenvalue weighted by atomic mass is 10.3. The number of amides is 1. The highest BCUT2D eigenvalue weighted by Crippen LogP contribution is 2.17. The molecule has 1 atom stereocenters. The van der Waals surface area contributed by atoms with E-state index in [9.17, 15) is 13.2 Å². The fourth-order valence-corrected chi connectivity index (χ4v) is 2.18. The molecule has 1 aromatic rings. The Morgan fingerprint density at radius 3 is 2.65 bits per heavy atom. The number of hydrogen-bond acceptors (Lipinski definition) is 5. The van der Waals surface area contributed by atoms with Crippen LogP contribution in [0.4, 0.5) is 0 Å². The van der Waals surface area contributed by atoms with Crippen molar-refractivity contribution in [3.63, 3.8) is 0 Å². The van der Waals surface area contributed by atoms with Crippen molar-refractivity contribution in [2.45, 2.75) is 17.6 Å². The number of sulfonamides is 1. The molecule has 1 aliphatic rings. The zero-order chi connectivity index (χ0) is 12.6. The summed E-state index contributed by atoms with van der Waals surface area (Å²) in [5.74, 6) is -0.407. The molecule has 0 saturated carbocycles. The van der Waals surface area contributed by atoms with Gasteiger partial charge < -0.3 is 15.1 Å². The summed E-state index contributed by atoms with van der Waals surface area (Å²) in [4.78, 5) is 13.4. The van der Waals surface area contributed by atoms with Gasteiger partial charge in [0.05, 0.1) is 0 Å². The minimum atomic E-state index is -3.91. The molecule has 2 heterocycles. The van der Waals surface area contributed by atoms with Gasteiger partial charge >= 0.3 is 0 Å². The average Bonchev–Trinajstić information content (AvgIpc) is 2.83. The van der Waals surface area contributed by atoms with Gasteiger partial charge in [-0.2, -0.15) is 0 Å². The van der Waals surface area contributed by atoms with Crippen molar-refractivity contribution in [2.75, 3.05) is 13.1 Å². The number of nitrogens with zero attached hydrogens (tertiary/aromatic N) is 1. The molecule has 94 valence electrons. The van der Waals surface area contributed by atoms with Crippen molar-refractivity contribution in [1.82, 2.24) is 4.90 Å². The molecule has 2 rings (SSSR count). The maximum Gasteiger partial charge on any atom is 0.289 e. The highest BCUT2D eigenvalue weighted by Gasteiger charge is 2.27. The Morgan fingerprint density at radius 2 is 2.18 bits per heavy atom. The summed E-state index contributed by atoms with van der Waals surface area (Å²) < 4.78 is 26.9. The van der Waals surface area contributed by atoms with Crippen LogP contribution in [0.2, 0.25) is 0 Å². The summed E-state index contributed by atoms with van der Waals surface area (Å²) in [6.07, 6.45) is 0.731. The second-order valence-electron chi connectivity index (χ2n) is 3.96. The van der Waals surface area contributed by atoms with E-state index in [1.807, 2.05) is 0 Å². The van der Waals surface area contributed by atoms with Gasteiger partial charge in [-0.15, -0.1) is 0 Å². The molecule has 17 heavy (non-hydrogen) atoms. The number of furan rings is 1. The Bertz CT molecular complexity index is 536. The van der Waals surface area contributed by atoms with Gasteiger partial charge in [0.2, 0.25) is 5.09 Å². The van der Waals surface area contributed by atoms with Crippen molar-refractivity contribution in [2.24, 2.45) is 10.9 Å². The van der Waals surface area contributed by atoms with Gasteiger partial charge in [0.25, 0.3) is 15.9 Å². The molecule has 0 bridgehead atoms. The van der Waals surface area contributed by atoms with Gasteiger partial charge in [0.1, 0.15) is 0 Å². The molecule has 0 spiro atoms. The fourth-order valence-electron chi connectivity index (χ4n) is 1.72. The topological polar surface area (TPSA) is 120 Å². The Labute approximate surface area is 98.4 Å². The summed E-state index contributed by atoms with van der Waals surface area (Å²) in [6, 6.07) is 2.43. The first-order valence-corrected chi connectivity index (χ1v) is 6.60.